The first-order chi connectivity index (χ1) is 9.79. The molecule has 0 radical (unpaired) electrons. The number of hydrogen-bond donors (Lipinski definition) is 3. The second-order valence-corrected chi connectivity index (χ2v) is 5.01. The van der Waals surface area contributed by atoms with Crippen LogP contribution in [0.2, 0.25) is 0 Å². The summed E-state index contributed by atoms with van der Waals surface area (Å²) in [5.41, 5.74) is -0.00874. The van der Waals surface area contributed by atoms with Gasteiger partial charge in [-0.1, -0.05) is 0 Å². The van der Waals surface area contributed by atoms with Crippen molar-refractivity contribution in [1.82, 2.24) is 0 Å². The molecule has 1 aliphatic carbocycles. The van der Waals surface area contributed by atoms with Gasteiger partial charge < -0.3 is 20.1 Å². The monoisotopic (exact) mass is 292 g/mol. The van der Waals surface area contributed by atoms with Gasteiger partial charge in [0.15, 0.2) is 11.5 Å². The van der Waals surface area contributed by atoms with E-state index in [0.717, 1.165) is 6.08 Å². The number of carbonyl (C=O) groups is 2. The third-order valence-corrected chi connectivity index (χ3v) is 3.50. The third-order valence-electron chi connectivity index (χ3n) is 3.50. The molecule has 1 aliphatic rings. The van der Waals surface area contributed by atoms with E-state index in [1.165, 1.54) is 21.0 Å². The number of carbonyl (C=O) groups excluding carboxylic acids is 2. The molecule has 0 fully saturated rings. The van der Waals surface area contributed by atoms with Gasteiger partial charge in [0, 0.05) is 18.1 Å². The fourth-order valence-electron chi connectivity index (χ4n) is 2.43. The summed E-state index contributed by atoms with van der Waals surface area (Å²) < 4.78 is 4.83. The van der Waals surface area contributed by atoms with Gasteiger partial charge in [0.1, 0.15) is 11.5 Å². The summed E-state index contributed by atoms with van der Waals surface area (Å²) >= 11 is 0. The number of Topliss-reactive ketones (excluding diaryl/α,β-unsaturated/α-hetero) is 1. The fraction of sp³-hybridized carbons (Fsp3) is 0.333. The van der Waals surface area contributed by atoms with Crippen molar-refractivity contribution in [3.8, 4) is 11.5 Å². The van der Waals surface area contributed by atoms with Crippen LogP contribution >= 0.6 is 0 Å². The maximum absolute atomic E-state index is 12.2. The predicted octanol–water partition coefficient (Wildman–Crippen LogP) is 1.24. The lowest BCUT2D eigenvalue weighted by Crippen LogP contribution is -2.20. The highest BCUT2D eigenvalue weighted by Gasteiger charge is 2.35. The number of ketones is 2. The molecular weight excluding hydrogens is 276 g/mol. The molecule has 0 bridgehead atoms. The minimum Gasteiger partial charge on any atom is -0.507 e. The smallest absolute Gasteiger partial charge is 0.232 e. The number of allylic oxidation sites excluding steroid dienone is 2. The maximum atomic E-state index is 12.2. The van der Waals surface area contributed by atoms with Gasteiger partial charge in [0.05, 0.1) is 24.3 Å². The van der Waals surface area contributed by atoms with Crippen LogP contribution in [0.5, 0.6) is 11.5 Å². The van der Waals surface area contributed by atoms with Crippen molar-refractivity contribution in [2.45, 2.75) is 26.4 Å². The molecule has 3 N–H and O–H groups in total. The van der Waals surface area contributed by atoms with Crippen LogP contribution in [-0.2, 0) is 11.2 Å². The average Bonchev–Trinajstić information content (AvgIpc) is 2.42. The number of benzene rings is 1. The molecule has 1 aromatic rings. The average molecular weight is 292 g/mol. The molecule has 21 heavy (non-hydrogen) atoms. The number of ether oxygens (including phenoxy) is 1. The van der Waals surface area contributed by atoms with Gasteiger partial charge >= 0.3 is 0 Å². The topological polar surface area (TPSA) is 104 Å². The zero-order valence-corrected chi connectivity index (χ0v) is 11.9. The molecule has 2 rings (SSSR count). The van der Waals surface area contributed by atoms with Crippen LogP contribution in [0.15, 0.2) is 11.8 Å². The Hall–Kier alpha value is -2.34. The lowest BCUT2D eigenvalue weighted by Gasteiger charge is -2.21. The summed E-state index contributed by atoms with van der Waals surface area (Å²) in [6.07, 6.45) is 0.253. The van der Waals surface area contributed by atoms with Crippen LogP contribution in [0.1, 0.15) is 38.8 Å². The first-order valence-corrected chi connectivity index (χ1v) is 6.39. The van der Waals surface area contributed by atoms with E-state index in [9.17, 15) is 24.9 Å². The molecule has 112 valence electrons. The van der Waals surface area contributed by atoms with E-state index >= 15 is 0 Å². The molecule has 0 aromatic heterocycles. The Bertz CT molecular complexity index is 669. The second-order valence-electron chi connectivity index (χ2n) is 5.01. The summed E-state index contributed by atoms with van der Waals surface area (Å²) in [5.74, 6) is -2.24. The van der Waals surface area contributed by atoms with Crippen LogP contribution in [0.3, 0.4) is 0 Å². The summed E-state index contributed by atoms with van der Waals surface area (Å²) in [4.78, 5) is 24.3. The Labute approximate surface area is 121 Å². The van der Waals surface area contributed by atoms with Crippen molar-refractivity contribution in [1.29, 1.82) is 0 Å². The first kappa shape index (κ1) is 15.1. The van der Waals surface area contributed by atoms with Gasteiger partial charge in [-0.15, -0.1) is 0 Å². The lowest BCUT2D eigenvalue weighted by atomic mass is 9.86. The highest BCUT2D eigenvalue weighted by atomic mass is 16.5. The number of phenols is 2. The van der Waals surface area contributed by atoms with Crippen LogP contribution in [0.25, 0.3) is 0 Å². The number of hydrogen-bond acceptors (Lipinski definition) is 6. The van der Waals surface area contributed by atoms with Gasteiger partial charge in [-0.3, -0.25) is 9.59 Å². The number of aromatic hydroxyl groups is 2. The van der Waals surface area contributed by atoms with E-state index in [-0.39, 0.29) is 40.2 Å². The first-order valence-electron chi connectivity index (χ1n) is 6.39. The molecule has 0 saturated heterocycles. The minimum absolute atomic E-state index is 0.0476. The molecule has 6 heteroatoms. The number of rotatable bonds is 3. The Kier molecular flexibility index (Phi) is 3.74. The quantitative estimate of drug-likeness (QED) is 0.724. The molecule has 1 atom stereocenters. The molecule has 1 aromatic carbocycles. The van der Waals surface area contributed by atoms with E-state index in [1.807, 2.05) is 0 Å². The van der Waals surface area contributed by atoms with Gasteiger partial charge in [0.25, 0.3) is 0 Å². The largest absolute Gasteiger partial charge is 0.507 e. The van der Waals surface area contributed by atoms with Crippen molar-refractivity contribution in [3.63, 3.8) is 0 Å². The van der Waals surface area contributed by atoms with E-state index in [0.29, 0.717) is 0 Å². The van der Waals surface area contributed by atoms with E-state index in [2.05, 4.69) is 0 Å². The van der Waals surface area contributed by atoms with Crippen LogP contribution in [0.4, 0.5) is 0 Å². The predicted molar refractivity (Wildman–Crippen MR) is 73.6 cm³/mol. The zero-order valence-electron chi connectivity index (χ0n) is 11.9. The Morgan fingerprint density at radius 3 is 2.33 bits per heavy atom. The molecule has 0 saturated carbocycles. The highest BCUT2D eigenvalue weighted by Crippen LogP contribution is 2.41. The van der Waals surface area contributed by atoms with Crippen molar-refractivity contribution in [2.24, 2.45) is 0 Å². The van der Waals surface area contributed by atoms with Gasteiger partial charge in [0.2, 0.25) is 5.78 Å². The number of methoxy groups -OCH3 is 1. The highest BCUT2D eigenvalue weighted by molar-refractivity contribution is 6.26. The van der Waals surface area contributed by atoms with E-state index in [4.69, 9.17) is 4.74 Å². The van der Waals surface area contributed by atoms with Crippen molar-refractivity contribution in [2.75, 3.05) is 7.11 Å². The summed E-state index contributed by atoms with van der Waals surface area (Å²) in [6, 6.07) is 0. The molecule has 0 aliphatic heterocycles. The van der Waals surface area contributed by atoms with Gasteiger partial charge in [-0.05, 0) is 19.4 Å². The number of aliphatic hydroxyl groups excluding tert-OH is 1. The summed E-state index contributed by atoms with van der Waals surface area (Å²) in [6.45, 7) is 3.03. The normalized spacial score (nSPS) is 15.5. The van der Waals surface area contributed by atoms with Gasteiger partial charge in [-0.25, -0.2) is 0 Å². The maximum Gasteiger partial charge on any atom is 0.232 e. The fourth-order valence-corrected chi connectivity index (χ4v) is 2.43. The van der Waals surface area contributed by atoms with Crippen LogP contribution in [-0.4, -0.2) is 40.1 Å². The Balaban J connectivity index is 2.78. The van der Waals surface area contributed by atoms with E-state index < -0.39 is 23.4 Å². The Morgan fingerprint density at radius 2 is 1.81 bits per heavy atom. The summed E-state index contributed by atoms with van der Waals surface area (Å²) in [7, 11) is 1.24. The number of phenolic OH excluding ortho intramolecular Hbond substituents is 2. The third kappa shape index (κ3) is 2.27. The second kappa shape index (κ2) is 5.21. The van der Waals surface area contributed by atoms with Crippen LogP contribution < -0.4 is 0 Å². The molecule has 0 amide bonds. The number of aliphatic hydroxyl groups is 1. The zero-order chi connectivity index (χ0) is 15.9. The lowest BCUT2D eigenvalue weighted by molar-refractivity contribution is 0.0911. The van der Waals surface area contributed by atoms with Crippen LogP contribution in [0, 0.1) is 6.92 Å². The molecular formula is C15H16O6. The molecule has 6 nitrogen and oxygen atoms in total. The van der Waals surface area contributed by atoms with Gasteiger partial charge in [-0.2, -0.15) is 0 Å². The van der Waals surface area contributed by atoms with Crippen molar-refractivity contribution in [3.05, 3.63) is 34.1 Å². The molecule has 0 unspecified atom stereocenters. The Morgan fingerprint density at radius 1 is 1.19 bits per heavy atom. The minimum atomic E-state index is -0.779. The van der Waals surface area contributed by atoms with Crippen molar-refractivity contribution < 1.29 is 29.6 Å². The van der Waals surface area contributed by atoms with E-state index in [1.54, 1.807) is 0 Å². The standard InChI is InChI=1S/C15H16O6/c1-6(16)4-8-7(2)13(18)11-9(17)5-10(21-3)15(20)12(11)14(8)19/h5-6,16,18-19H,4H2,1-3H3/t6-/m1/s1. The SMILES string of the molecule is COC1=CC(=O)c2c(O)c(C)c(C[C@@H](C)O)c(O)c2C1=O. The number of fused-ring (bicyclic) bond motifs is 1. The summed E-state index contributed by atoms with van der Waals surface area (Å²) in [5, 5.41) is 30.0. The van der Waals surface area contributed by atoms with Crippen molar-refractivity contribution >= 4 is 11.6 Å². The molecule has 0 spiro atoms. The molecule has 0 heterocycles.